The van der Waals surface area contributed by atoms with Crippen LogP contribution >= 0.6 is 11.6 Å². The van der Waals surface area contributed by atoms with Crippen molar-refractivity contribution >= 4 is 17.4 Å². The smallest absolute Gasteiger partial charge is 0.155 e. The molecule has 0 aliphatic heterocycles. The van der Waals surface area contributed by atoms with Crippen molar-refractivity contribution in [3.05, 3.63) is 16.3 Å². The van der Waals surface area contributed by atoms with Gasteiger partial charge in [0.15, 0.2) is 11.0 Å². The van der Waals surface area contributed by atoms with Gasteiger partial charge < -0.3 is 5.32 Å². The first-order chi connectivity index (χ1) is 6.68. The maximum Gasteiger partial charge on any atom is 0.155 e. The normalized spacial score (nSPS) is 16.5. The molecule has 0 aromatic carbocycles. The average molecular weight is 212 g/mol. The minimum atomic E-state index is 0.502. The summed E-state index contributed by atoms with van der Waals surface area (Å²) < 4.78 is 0. The topological polar surface area (TPSA) is 37.8 Å². The molecule has 2 rings (SSSR count). The summed E-state index contributed by atoms with van der Waals surface area (Å²) in [5, 5.41) is 11.9. The SMILES string of the molecule is Cc1c(Cl)nnc(NC2CCC2)c1C. The van der Waals surface area contributed by atoms with Crippen molar-refractivity contribution in [2.75, 3.05) is 5.32 Å². The van der Waals surface area contributed by atoms with Crippen LogP contribution in [0.2, 0.25) is 5.15 Å². The molecule has 0 spiro atoms. The lowest BCUT2D eigenvalue weighted by Crippen LogP contribution is -2.28. The molecule has 1 N–H and O–H groups in total. The van der Waals surface area contributed by atoms with E-state index in [1.807, 2.05) is 13.8 Å². The Hall–Kier alpha value is -0.830. The van der Waals surface area contributed by atoms with Crippen LogP contribution in [0, 0.1) is 13.8 Å². The first kappa shape index (κ1) is 9.71. The fourth-order valence-electron chi connectivity index (χ4n) is 1.46. The molecule has 1 aliphatic carbocycles. The number of halogens is 1. The molecule has 1 aliphatic rings. The Labute approximate surface area is 88.9 Å². The predicted molar refractivity (Wildman–Crippen MR) is 57.8 cm³/mol. The van der Waals surface area contributed by atoms with E-state index in [-0.39, 0.29) is 0 Å². The molecule has 1 fully saturated rings. The lowest BCUT2D eigenvalue weighted by molar-refractivity contribution is 0.443. The summed E-state index contributed by atoms with van der Waals surface area (Å²) >= 11 is 5.87. The molecule has 76 valence electrons. The number of anilines is 1. The van der Waals surface area contributed by atoms with Crippen LogP contribution in [0.5, 0.6) is 0 Å². The third-order valence-electron chi connectivity index (χ3n) is 2.91. The Morgan fingerprint density at radius 3 is 2.50 bits per heavy atom. The van der Waals surface area contributed by atoms with Crippen molar-refractivity contribution in [3.63, 3.8) is 0 Å². The molecule has 0 bridgehead atoms. The Bertz CT molecular complexity index is 347. The summed E-state index contributed by atoms with van der Waals surface area (Å²) in [6, 6.07) is 0.587. The van der Waals surface area contributed by atoms with Crippen molar-refractivity contribution in [3.8, 4) is 0 Å². The van der Waals surface area contributed by atoms with Crippen LogP contribution < -0.4 is 5.32 Å². The minimum absolute atomic E-state index is 0.502. The lowest BCUT2D eigenvalue weighted by atomic mass is 9.93. The zero-order chi connectivity index (χ0) is 10.1. The second kappa shape index (κ2) is 3.73. The van der Waals surface area contributed by atoms with Crippen LogP contribution in [0.4, 0.5) is 5.82 Å². The highest BCUT2D eigenvalue weighted by Gasteiger charge is 2.19. The number of rotatable bonds is 2. The maximum atomic E-state index is 5.87. The first-order valence-electron chi connectivity index (χ1n) is 4.94. The third kappa shape index (κ3) is 1.69. The number of hydrogen-bond donors (Lipinski definition) is 1. The standard InChI is InChI=1S/C10H14ClN3/c1-6-7(2)10(14-13-9(6)11)12-8-4-3-5-8/h8H,3-5H2,1-2H3,(H,12,14). The number of hydrogen-bond acceptors (Lipinski definition) is 3. The van der Waals surface area contributed by atoms with Crippen LogP contribution in [0.25, 0.3) is 0 Å². The molecule has 0 saturated heterocycles. The minimum Gasteiger partial charge on any atom is -0.366 e. The summed E-state index contributed by atoms with van der Waals surface area (Å²) in [5.74, 6) is 0.886. The molecule has 0 radical (unpaired) electrons. The van der Waals surface area contributed by atoms with Gasteiger partial charge in [0.25, 0.3) is 0 Å². The molecular weight excluding hydrogens is 198 g/mol. The Kier molecular flexibility index (Phi) is 2.59. The van der Waals surface area contributed by atoms with Crippen LogP contribution in [0.1, 0.15) is 30.4 Å². The fourth-order valence-corrected chi connectivity index (χ4v) is 1.64. The van der Waals surface area contributed by atoms with Gasteiger partial charge in [-0.15, -0.1) is 10.2 Å². The molecule has 3 nitrogen and oxygen atoms in total. The number of aromatic nitrogens is 2. The highest BCUT2D eigenvalue weighted by Crippen LogP contribution is 2.26. The van der Waals surface area contributed by atoms with Crippen molar-refractivity contribution in [2.24, 2.45) is 0 Å². The van der Waals surface area contributed by atoms with Crippen molar-refractivity contribution in [2.45, 2.75) is 39.2 Å². The van der Waals surface area contributed by atoms with Gasteiger partial charge in [0.2, 0.25) is 0 Å². The van der Waals surface area contributed by atoms with E-state index in [0.29, 0.717) is 11.2 Å². The van der Waals surface area contributed by atoms with Crippen LogP contribution in [-0.4, -0.2) is 16.2 Å². The van der Waals surface area contributed by atoms with E-state index < -0.39 is 0 Å². The maximum absolute atomic E-state index is 5.87. The van der Waals surface area contributed by atoms with E-state index in [1.54, 1.807) is 0 Å². The Morgan fingerprint density at radius 2 is 1.93 bits per heavy atom. The molecule has 14 heavy (non-hydrogen) atoms. The van der Waals surface area contributed by atoms with Gasteiger partial charge in [0.1, 0.15) is 0 Å². The monoisotopic (exact) mass is 211 g/mol. The van der Waals surface area contributed by atoms with Gasteiger partial charge in [0.05, 0.1) is 0 Å². The van der Waals surface area contributed by atoms with E-state index in [2.05, 4.69) is 15.5 Å². The van der Waals surface area contributed by atoms with Crippen molar-refractivity contribution < 1.29 is 0 Å². The highest BCUT2D eigenvalue weighted by atomic mass is 35.5. The van der Waals surface area contributed by atoms with Crippen LogP contribution in [0.15, 0.2) is 0 Å². The summed E-state index contributed by atoms with van der Waals surface area (Å²) in [6.07, 6.45) is 3.79. The lowest BCUT2D eigenvalue weighted by Gasteiger charge is -2.27. The second-order valence-electron chi connectivity index (χ2n) is 3.86. The van der Waals surface area contributed by atoms with Gasteiger partial charge in [-0.05, 0) is 44.2 Å². The highest BCUT2D eigenvalue weighted by molar-refractivity contribution is 6.30. The molecule has 1 aromatic rings. The van der Waals surface area contributed by atoms with E-state index >= 15 is 0 Å². The van der Waals surface area contributed by atoms with E-state index in [9.17, 15) is 0 Å². The number of nitrogens with one attached hydrogen (secondary N) is 1. The molecule has 0 atom stereocenters. The Morgan fingerprint density at radius 1 is 1.21 bits per heavy atom. The molecule has 4 heteroatoms. The van der Waals surface area contributed by atoms with Gasteiger partial charge in [0, 0.05) is 6.04 Å². The zero-order valence-corrected chi connectivity index (χ0v) is 9.23. The zero-order valence-electron chi connectivity index (χ0n) is 8.47. The van der Waals surface area contributed by atoms with E-state index in [1.165, 1.54) is 19.3 Å². The average Bonchev–Trinajstić information content (AvgIpc) is 2.10. The molecule has 1 heterocycles. The molecule has 1 aromatic heterocycles. The van der Waals surface area contributed by atoms with E-state index in [4.69, 9.17) is 11.6 Å². The Balaban J connectivity index is 2.20. The summed E-state index contributed by atoms with van der Waals surface area (Å²) in [4.78, 5) is 0. The van der Waals surface area contributed by atoms with Gasteiger partial charge in [-0.25, -0.2) is 0 Å². The molecular formula is C10H14ClN3. The molecule has 1 saturated carbocycles. The van der Waals surface area contributed by atoms with Crippen molar-refractivity contribution in [1.82, 2.24) is 10.2 Å². The summed E-state index contributed by atoms with van der Waals surface area (Å²) in [7, 11) is 0. The van der Waals surface area contributed by atoms with Crippen LogP contribution in [-0.2, 0) is 0 Å². The predicted octanol–water partition coefficient (Wildman–Crippen LogP) is 2.71. The van der Waals surface area contributed by atoms with Crippen molar-refractivity contribution in [1.29, 1.82) is 0 Å². The van der Waals surface area contributed by atoms with Gasteiger partial charge in [-0.2, -0.15) is 0 Å². The second-order valence-corrected chi connectivity index (χ2v) is 4.22. The van der Waals surface area contributed by atoms with E-state index in [0.717, 1.165) is 16.9 Å². The quantitative estimate of drug-likeness (QED) is 0.818. The first-order valence-corrected chi connectivity index (χ1v) is 5.32. The summed E-state index contributed by atoms with van der Waals surface area (Å²) in [6.45, 7) is 4.00. The van der Waals surface area contributed by atoms with Gasteiger partial charge >= 0.3 is 0 Å². The fraction of sp³-hybridized carbons (Fsp3) is 0.600. The summed E-state index contributed by atoms with van der Waals surface area (Å²) in [5.41, 5.74) is 2.13. The van der Waals surface area contributed by atoms with Crippen LogP contribution in [0.3, 0.4) is 0 Å². The third-order valence-corrected chi connectivity index (χ3v) is 3.27. The van der Waals surface area contributed by atoms with Gasteiger partial charge in [-0.1, -0.05) is 11.6 Å². The molecule has 0 unspecified atom stereocenters. The largest absolute Gasteiger partial charge is 0.366 e. The number of nitrogens with zero attached hydrogens (tertiary/aromatic N) is 2. The molecule has 0 amide bonds. The van der Waals surface area contributed by atoms with Gasteiger partial charge in [-0.3, -0.25) is 0 Å².